The van der Waals surface area contributed by atoms with Crippen molar-refractivity contribution in [3.05, 3.63) is 0 Å². The van der Waals surface area contributed by atoms with Gasteiger partial charge >= 0.3 is 0 Å². The summed E-state index contributed by atoms with van der Waals surface area (Å²) in [6.45, 7) is 6.12. The van der Waals surface area contributed by atoms with Crippen molar-refractivity contribution >= 4 is 0 Å². The van der Waals surface area contributed by atoms with E-state index in [0.29, 0.717) is 0 Å². The van der Waals surface area contributed by atoms with Gasteiger partial charge in [0.05, 0.1) is 0 Å². The van der Waals surface area contributed by atoms with Crippen LogP contribution < -0.4 is 5.73 Å². The van der Waals surface area contributed by atoms with E-state index in [1.807, 2.05) is 0 Å². The van der Waals surface area contributed by atoms with Crippen LogP contribution in [0.4, 0.5) is 0 Å². The molecule has 0 aromatic heterocycles. The van der Waals surface area contributed by atoms with Gasteiger partial charge in [-0.2, -0.15) is 0 Å². The van der Waals surface area contributed by atoms with Crippen LogP contribution >= 0.6 is 0 Å². The molecule has 88 valence electrons. The van der Waals surface area contributed by atoms with E-state index >= 15 is 0 Å². The molecule has 2 saturated heterocycles. The van der Waals surface area contributed by atoms with Crippen LogP contribution in [-0.4, -0.2) is 55.1 Å². The smallest absolute Gasteiger partial charge is 0.0296 e. The monoisotopic (exact) mass is 211 g/mol. The average Bonchev–Trinajstić information content (AvgIpc) is 2.67. The van der Waals surface area contributed by atoms with Gasteiger partial charge < -0.3 is 15.5 Å². The molecule has 0 saturated carbocycles. The molecule has 0 aromatic carbocycles. The Morgan fingerprint density at radius 2 is 1.87 bits per heavy atom. The van der Waals surface area contributed by atoms with Crippen molar-refractivity contribution in [3.63, 3.8) is 0 Å². The summed E-state index contributed by atoms with van der Waals surface area (Å²) in [5.41, 5.74) is 6.55. The van der Waals surface area contributed by atoms with E-state index in [-0.39, 0.29) is 5.54 Å². The summed E-state index contributed by atoms with van der Waals surface area (Å²) < 4.78 is 0. The van der Waals surface area contributed by atoms with Crippen molar-refractivity contribution in [2.75, 3.05) is 39.8 Å². The molecule has 2 N–H and O–H groups in total. The quantitative estimate of drug-likeness (QED) is 0.752. The molecule has 2 fully saturated rings. The second kappa shape index (κ2) is 4.81. The zero-order valence-corrected chi connectivity index (χ0v) is 10.0. The lowest BCUT2D eigenvalue weighted by molar-refractivity contribution is 0.156. The molecule has 0 amide bonds. The van der Waals surface area contributed by atoms with Gasteiger partial charge in [-0.3, -0.25) is 0 Å². The van der Waals surface area contributed by atoms with Gasteiger partial charge in [0.25, 0.3) is 0 Å². The molecule has 0 bridgehead atoms. The Kier molecular flexibility index (Phi) is 3.65. The number of hydrogen-bond donors (Lipinski definition) is 1. The summed E-state index contributed by atoms with van der Waals surface area (Å²) in [6.07, 6.45) is 6.43. The zero-order chi connectivity index (χ0) is 10.7. The molecule has 0 aliphatic carbocycles. The standard InChI is InChI=1S/C12H25N3/c1-14-7-4-5-12(13,11-14)6-10-15-8-2-3-9-15/h2-11,13H2,1H3. The fraction of sp³-hybridized carbons (Fsp3) is 1.00. The normalized spacial score (nSPS) is 34.8. The van der Waals surface area contributed by atoms with E-state index in [2.05, 4.69) is 16.8 Å². The summed E-state index contributed by atoms with van der Waals surface area (Å²) in [4.78, 5) is 4.96. The second-order valence-corrected chi connectivity index (χ2v) is 5.50. The van der Waals surface area contributed by atoms with E-state index in [0.717, 1.165) is 6.54 Å². The Labute approximate surface area is 93.6 Å². The van der Waals surface area contributed by atoms with Gasteiger partial charge in [-0.1, -0.05) is 0 Å². The van der Waals surface area contributed by atoms with Gasteiger partial charge in [0.15, 0.2) is 0 Å². The Morgan fingerprint density at radius 3 is 2.53 bits per heavy atom. The summed E-state index contributed by atoms with van der Waals surface area (Å²) in [5, 5.41) is 0. The molecule has 15 heavy (non-hydrogen) atoms. The van der Waals surface area contributed by atoms with Crippen molar-refractivity contribution in [2.24, 2.45) is 5.73 Å². The highest BCUT2D eigenvalue weighted by molar-refractivity contribution is 4.91. The number of likely N-dealkylation sites (tertiary alicyclic amines) is 2. The third-order valence-corrected chi connectivity index (χ3v) is 3.92. The first-order valence-corrected chi connectivity index (χ1v) is 6.38. The Bertz CT molecular complexity index is 201. The second-order valence-electron chi connectivity index (χ2n) is 5.50. The largest absolute Gasteiger partial charge is 0.324 e. The molecule has 1 atom stereocenters. The average molecular weight is 211 g/mol. The number of nitrogens with two attached hydrogens (primary N) is 1. The Balaban J connectivity index is 1.76. The fourth-order valence-electron chi connectivity index (χ4n) is 2.99. The lowest BCUT2D eigenvalue weighted by Crippen LogP contribution is -2.54. The summed E-state index contributed by atoms with van der Waals surface area (Å²) in [6, 6.07) is 0. The molecular weight excluding hydrogens is 186 g/mol. The first kappa shape index (κ1) is 11.4. The van der Waals surface area contributed by atoms with Crippen molar-refractivity contribution < 1.29 is 0 Å². The molecule has 3 nitrogen and oxygen atoms in total. The van der Waals surface area contributed by atoms with E-state index < -0.39 is 0 Å². The highest BCUT2D eigenvalue weighted by Gasteiger charge is 2.30. The van der Waals surface area contributed by atoms with Crippen LogP contribution in [0, 0.1) is 0 Å². The first-order chi connectivity index (χ1) is 7.18. The molecule has 0 aromatic rings. The number of rotatable bonds is 3. The van der Waals surface area contributed by atoms with Crippen molar-refractivity contribution in [3.8, 4) is 0 Å². The zero-order valence-electron chi connectivity index (χ0n) is 10.0. The minimum absolute atomic E-state index is 0.0928. The molecule has 2 aliphatic rings. The number of likely N-dealkylation sites (N-methyl/N-ethyl adjacent to an activating group) is 1. The molecular formula is C12H25N3. The third kappa shape index (κ3) is 3.16. The SMILES string of the molecule is CN1CCCC(N)(CCN2CCCC2)C1. The molecule has 2 aliphatic heterocycles. The van der Waals surface area contributed by atoms with E-state index in [4.69, 9.17) is 5.73 Å². The molecule has 0 radical (unpaired) electrons. The number of nitrogens with zero attached hydrogens (tertiary/aromatic N) is 2. The lowest BCUT2D eigenvalue weighted by Gasteiger charge is -2.39. The van der Waals surface area contributed by atoms with Gasteiger partial charge in [-0.05, 0) is 65.3 Å². The maximum atomic E-state index is 6.46. The Hall–Kier alpha value is -0.120. The highest BCUT2D eigenvalue weighted by atomic mass is 15.2. The van der Waals surface area contributed by atoms with Crippen LogP contribution in [0.3, 0.4) is 0 Å². The maximum absolute atomic E-state index is 6.46. The summed E-state index contributed by atoms with van der Waals surface area (Å²) in [5.74, 6) is 0. The van der Waals surface area contributed by atoms with Crippen LogP contribution in [0.15, 0.2) is 0 Å². The van der Waals surface area contributed by atoms with Crippen molar-refractivity contribution in [1.29, 1.82) is 0 Å². The van der Waals surface area contributed by atoms with Crippen LogP contribution in [0.5, 0.6) is 0 Å². The molecule has 3 heteroatoms. The Morgan fingerprint density at radius 1 is 1.13 bits per heavy atom. The van der Waals surface area contributed by atoms with E-state index in [9.17, 15) is 0 Å². The van der Waals surface area contributed by atoms with E-state index in [1.54, 1.807) is 0 Å². The molecule has 0 spiro atoms. The summed E-state index contributed by atoms with van der Waals surface area (Å²) >= 11 is 0. The lowest BCUT2D eigenvalue weighted by atomic mass is 9.87. The van der Waals surface area contributed by atoms with Gasteiger partial charge in [-0.15, -0.1) is 0 Å². The van der Waals surface area contributed by atoms with Crippen molar-refractivity contribution in [2.45, 2.75) is 37.6 Å². The highest BCUT2D eigenvalue weighted by Crippen LogP contribution is 2.22. The third-order valence-electron chi connectivity index (χ3n) is 3.92. The van der Waals surface area contributed by atoms with Gasteiger partial charge in [0, 0.05) is 12.1 Å². The van der Waals surface area contributed by atoms with Gasteiger partial charge in [0.2, 0.25) is 0 Å². The number of hydrogen-bond acceptors (Lipinski definition) is 3. The van der Waals surface area contributed by atoms with Crippen LogP contribution in [0.1, 0.15) is 32.1 Å². The summed E-state index contributed by atoms with van der Waals surface area (Å²) in [7, 11) is 2.19. The van der Waals surface area contributed by atoms with Crippen LogP contribution in [-0.2, 0) is 0 Å². The van der Waals surface area contributed by atoms with Crippen LogP contribution in [0.2, 0.25) is 0 Å². The molecule has 2 rings (SSSR count). The maximum Gasteiger partial charge on any atom is 0.0296 e. The van der Waals surface area contributed by atoms with Crippen molar-refractivity contribution in [1.82, 2.24) is 9.80 Å². The predicted octanol–water partition coefficient (Wildman–Crippen LogP) is 0.895. The predicted molar refractivity (Wildman–Crippen MR) is 63.9 cm³/mol. The minimum Gasteiger partial charge on any atom is -0.324 e. The fourth-order valence-corrected chi connectivity index (χ4v) is 2.99. The molecule has 2 heterocycles. The van der Waals surface area contributed by atoms with Gasteiger partial charge in [0.1, 0.15) is 0 Å². The minimum atomic E-state index is 0.0928. The molecule has 1 unspecified atom stereocenters. The van der Waals surface area contributed by atoms with Crippen LogP contribution in [0.25, 0.3) is 0 Å². The first-order valence-electron chi connectivity index (χ1n) is 6.38. The van der Waals surface area contributed by atoms with E-state index in [1.165, 1.54) is 58.3 Å². The van der Waals surface area contributed by atoms with Gasteiger partial charge in [-0.25, -0.2) is 0 Å². The number of piperidine rings is 1. The topological polar surface area (TPSA) is 32.5 Å².